The lowest BCUT2D eigenvalue weighted by Crippen LogP contribution is -2.28. The number of anilines is 1. The van der Waals surface area contributed by atoms with Crippen LogP contribution in [0.4, 0.5) is 5.69 Å². The molecule has 2 amide bonds. The second-order valence-electron chi connectivity index (χ2n) is 7.11. The second-order valence-corrected chi connectivity index (χ2v) is 7.11. The number of carbonyl (C=O) groups excluding carboxylic acids is 2. The smallest absolute Gasteiger partial charge is 0.229 e. The standard InChI is InChI=1S/C22H26N2O2/c1-4-18-7-5-6-16(3)21(18)23-22(26)19-12-20(25)24(14-19)13-17-10-8-15(2)9-11-17/h5-11,19H,4,12-14H2,1-3H3,(H,23,26). The molecule has 0 radical (unpaired) electrons. The Bertz CT molecular complexity index is 811. The fourth-order valence-corrected chi connectivity index (χ4v) is 3.44. The SMILES string of the molecule is CCc1cccc(C)c1NC(=O)C1CC(=O)N(Cc2ccc(C)cc2)C1. The Balaban J connectivity index is 1.66. The van der Waals surface area contributed by atoms with Crippen molar-refractivity contribution in [3.63, 3.8) is 0 Å². The third kappa shape index (κ3) is 3.96. The molecule has 0 aliphatic carbocycles. The highest BCUT2D eigenvalue weighted by atomic mass is 16.2. The van der Waals surface area contributed by atoms with Crippen molar-refractivity contribution >= 4 is 17.5 Å². The van der Waals surface area contributed by atoms with Gasteiger partial charge in [-0.3, -0.25) is 9.59 Å². The van der Waals surface area contributed by atoms with Crippen LogP contribution in [0.1, 0.15) is 35.6 Å². The largest absolute Gasteiger partial charge is 0.338 e. The Labute approximate surface area is 155 Å². The van der Waals surface area contributed by atoms with Gasteiger partial charge in [0.1, 0.15) is 0 Å². The number of likely N-dealkylation sites (tertiary alicyclic amines) is 1. The Morgan fingerprint density at radius 1 is 1.15 bits per heavy atom. The minimum Gasteiger partial charge on any atom is -0.338 e. The number of hydrogen-bond acceptors (Lipinski definition) is 2. The number of carbonyl (C=O) groups is 2. The molecule has 26 heavy (non-hydrogen) atoms. The molecule has 3 rings (SSSR count). The normalized spacial score (nSPS) is 16.8. The highest BCUT2D eigenvalue weighted by Gasteiger charge is 2.34. The van der Waals surface area contributed by atoms with Crippen LogP contribution in [-0.4, -0.2) is 23.3 Å². The van der Waals surface area contributed by atoms with Crippen molar-refractivity contribution in [2.75, 3.05) is 11.9 Å². The van der Waals surface area contributed by atoms with E-state index >= 15 is 0 Å². The highest BCUT2D eigenvalue weighted by molar-refractivity contribution is 5.98. The predicted molar refractivity (Wildman–Crippen MR) is 104 cm³/mol. The summed E-state index contributed by atoms with van der Waals surface area (Å²) >= 11 is 0. The summed E-state index contributed by atoms with van der Waals surface area (Å²) in [5.74, 6) is -0.308. The minimum atomic E-state index is -0.294. The zero-order valence-corrected chi connectivity index (χ0v) is 15.7. The maximum Gasteiger partial charge on any atom is 0.229 e. The maximum absolute atomic E-state index is 12.7. The number of nitrogens with one attached hydrogen (secondary N) is 1. The number of hydrogen-bond donors (Lipinski definition) is 1. The Morgan fingerprint density at radius 2 is 1.88 bits per heavy atom. The molecule has 0 aromatic heterocycles. The van der Waals surface area contributed by atoms with Crippen molar-refractivity contribution in [2.24, 2.45) is 5.92 Å². The first-order valence-corrected chi connectivity index (χ1v) is 9.20. The van der Waals surface area contributed by atoms with Crippen molar-refractivity contribution in [3.8, 4) is 0 Å². The monoisotopic (exact) mass is 350 g/mol. The number of benzene rings is 2. The molecule has 136 valence electrons. The Hall–Kier alpha value is -2.62. The van der Waals surface area contributed by atoms with E-state index in [9.17, 15) is 9.59 Å². The third-order valence-electron chi connectivity index (χ3n) is 5.07. The van der Waals surface area contributed by atoms with Crippen molar-refractivity contribution in [3.05, 3.63) is 64.7 Å². The highest BCUT2D eigenvalue weighted by Crippen LogP contribution is 2.25. The number of aryl methyl sites for hydroxylation is 3. The third-order valence-corrected chi connectivity index (χ3v) is 5.07. The van der Waals surface area contributed by atoms with E-state index in [1.807, 2.05) is 56.3 Å². The van der Waals surface area contributed by atoms with Crippen LogP contribution in [-0.2, 0) is 22.6 Å². The summed E-state index contributed by atoms with van der Waals surface area (Å²) in [6, 6.07) is 14.2. The molecule has 4 nitrogen and oxygen atoms in total. The predicted octanol–water partition coefficient (Wildman–Crippen LogP) is 3.85. The van der Waals surface area contributed by atoms with Crippen LogP contribution in [0.25, 0.3) is 0 Å². The van der Waals surface area contributed by atoms with Gasteiger partial charge in [-0.05, 0) is 37.0 Å². The van der Waals surface area contributed by atoms with Crippen molar-refractivity contribution in [2.45, 2.75) is 40.2 Å². The lowest BCUT2D eigenvalue weighted by molar-refractivity contribution is -0.128. The molecule has 2 aromatic carbocycles. The maximum atomic E-state index is 12.7. The van der Waals surface area contributed by atoms with E-state index in [0.717, 1.165) is 28.8 Å². The van der Waals surface area contributed by atoms with Gasteiger partial charge in [0.2, 0.25) is 11.8 Å². The van der Waals surface area contributed by atoms with Gasteiger partial charge in [-0.15, -0.1) is 0 Å². The van der Waals surface area contributed by atoms with Crippen LogP contribution in [0.5, 0.6) is 0 Å². The van der Waals surface area contributed by atoms with Gasteiger partial charge in [-0.2, -0.15) is 0 Å². The van der Waals surface area contributed by atoms with Crippen molar-refractivity contribution in [1.29, 1.82) is 0 Å². The fourth-order valence-electron chi connectivity index (χ4n) is 3.44. The van der Waals surface area contributed by atoms with E-state index in [1.165, 1.54) is 5.56 Å². The summed E-state index contributed by atoms with van der Waals surface area (Å²) in [4.78, 5) is 26.9. The van der Waals surface area contributed by atoms with Crippen LogP contribution >= 0.6 is 0 Å². The van der Waals surface area contributed by atoms with Gasteiger partial charge in [0.05, 0.1) is 5.92 Å². The molecule has 0 bridgehead atoms. The molecule has 4 heteroatoms. The summed E-state index contributed by atoms with van der Waals surface area (Å²) in [7, 11) is 0. The number of para-hydroxylation sites is 1. The molecule has 1 aliphatic heterocycles. The lowest BCUT2D eigenvalue weighted by Gasteiger charge is -2.18. The molecule has 1 aliphatic rings. The van der Waals surface area contributed by atoms with Crippen LogP contribution in [0.2, 0.25) is 0 Å². The molecule has 0 saturated carbocycles. The summed E-state index contributed by atoms with van der Waals surface area (Å²) < 4.78 is 0. The zero-order valence-electron chi connectivity index (χ0n) is 15.7. The average molecular weight is 350 g/mol. The second kappa shape index (κ2) is 7.73. The van der Waals surface area contributed by atoms with Gasteiger partial charge in [0.15, 0.2) is 0 Å². The van der Waals surface area contributed by atoms with Crippen molar-refractivity contribution < 1.29 is 9.59 Å². The molecule has 2 aromatic rings. The molecule has 1 atom stereocenters. The van der Waals surface area contributed by atoms with Gasteiger partial charge in [-0.1, -0.05) is 55.0 Å². The van der Waals surface area contributed by atoms with E-state index in [4.69, 9.17) is 0 Å². The van der Waals surface area contributed by atoms with E-state index in [-0.39, 0.29) is 24.2 Å². The van der Waals surface area contributed by atoms with E-state index in [1.54, 1.807) is 4.90 Å². The van der Waals surface area contributed by atoms with Crippen LogP contribution in [0.15, 0.2) is 42.5 Å². The molecule has 1 heterocycles. The number of rotatable bonds is 5. The molecular formula is C22H26N2O2. The Morgan fingerprint density at radius 3 is 2.58 bits per heavy atom. The first-order chi connectivity index (χ1) is 12.5. The van der Waals surface area contributed by atoms with Crippen LogP contribution in [0, 0.1) is 19.8 Å². The van der Waals surface area contributed by atoms with E-state index < -0.39 is 0 Å². The van der Waals surface area contributed by atoms with Crippen molar-refractivity contribution in [1.82, 2.24) is 4.90 Å². The summed E-state index contributed by atoms with van der Waals surface area (Å²) in [5, 5.41) is 3.07. The van der Waals surface area contributed by atoms with Crippen LogP contribution < -0.4 is 5.32 Å². The van der Waals surface area contributed by atoms with E-state index in [0.29, 0.717) is 13.1 Å². The molecule has 1 saturated heterocycles. The van der Waals surface area contributed by atoms with Gasteiger partial charge >= 0.3 is 0 Å². The van der Waals surface area contributed by atoms with Gasteiger partial charge < -0.3 is 10.2 Å². The van der Waals surface area contributed by atoms with Gasteiger partial charge in [-0.25, -0.2) is 0 Å². The van der Waals surface area contributed by atoms with Gasteiger partial charge in [0, 0.05) is 25.2 Å². The number of nitrogens with zero attached hydrogens (tertiary/aromatic N) is 1. The average Bonchev–Trinajstić information content (AvgIpc) is 2.99. The van der Waals surface area contributed by atoms with E-state index in [2.05, 4.69) is 12.2 Å². The fraction of sp³-hybridized carbons (Fsp3) is 0.364. The summed E-state index contributed by atoms with van der Waals surface area (Å²) in [5.41, 5.74) is 5.36. The molecule has 1 unspecified atom stereocenters. The molecule has 1 fully saturated rings. The molecule has 0 spiro atoms. The lowest BCUT2D eigenvalue weighted by atomic mass is 10.0. The molecule has 1 N–H and O–H groups in total. The topological polar surface area (TPSA) is 49.4 Å². The summed E-state index contributed by atoms with van der Waals surface area (Å²) in [6.45, 7) is 7.16. The van der Waals surface area contributed by atoms with Crippen LogP contribution in [0.3, 0.4) is 0 Å². The first kappa shape index (κ1) is 18.2. The van der Waals surface area contributed by atoms with Gasteiger partial charge in [0.25, 0.3) is 0 Å². The zero-order chi connectivity index (χ0) is 18.7. The quantitative estimate of drug-likeness (QED) is 0.890. The minimum absolute atomic E-state index is 0.0474. The molecular weight excluding hydrogens is 324 g/mol. The first-order valence-electron chi connectivity index (χ1n) is 9.20. The summed E-state index contributed by atoms with van der Waals surface area (Å²) in [6.07, 6.45) is 1.14. The number of amides is 2. The Kier molecular flexibility index (Phi) is 5.40.